The zero-order valence-electron chi connectivity index (χ0n) is 10.2. The summed E-state index contributed by atoms with van der Waals surface area (Å²) in [7, 11) is 0. The number of carboxylic acid groups (broad SMARTS) is 1. The maximum Gasteiger partial charge on any atom is 0.408 e. The van der Waals surface area contributed by atoms with Crippen LogP contribution in [0.5, 0.6) is 0 Å². The van der Waals surface area contributed by atoms with Crippen molar-refractivity contribution in [2.75, 3.05) is 6.54 Å². The van der Waals surface area contributed by atoms with E-state index in [1.54, 1.807) is 0 Å². The van der Waals surface area contributed by atoms with Gasteiger partial charge in [0.1, 0.15) is 0 Å². The highest BCUT2D eigenvalue weighted by Crippen LogP contribution is 2.27. The number of halogens is 1. The van der Waals surface area contributed by atoms with Gasteiger partial charge in [-0.15, -0.1) is 12.4 Å². The number of hydrogen-bond acceptors (Lipinski definition) is 2. The van der Waals surface area contributed by atoms with Crippen LogP contribution in [0.15, 0.2) is 0 Å². The van der Waals surface area contributed by atoms with Crippen LogP contribution in [0.25, 0.3) is 0 Å². The van der Waals surface area contributed by atoms with Crippen LogP contribution in [0.3, 0.4) is 0 Å². The van der Waals surface area contributed by atoms with E-state index in [9.17, 15) is 4.79 Å². The normalized spacial score (nSPS) is 11.9. The maximum atomic E-state index is 11.2. The molecule has 0 unspecified atom stereocenters. The largest absolute Gasteiger partial charge is 0.465 e. The van der Waals surface area contributed by atoms with E-state index >= 15 is 0 Å². The number of nitrogens with two attached hydrogens (primary N) is 1. The average Bonchev–Trinajstić information content (AvgIpc) is 1.78. The molecule has 1 amide bonds. The van der Waals surface area contributed by atoms with Gasteiger partial charge in [-0.2, -0.15) is 0 Å². The van der Waals surface area contributed by atoms with Crippen molar-refractivity contribution in [2.45, 2.75) is 52.1 Å². The fourth-order valence-electron chi connectivity index (χ4n) is 1.92. The second-order valence-corrected chi connectivity index (χ2v) is 5.14. The lowest BCUT2D eigenvalue weighted by Crippen LogP contribution is -2.57. The minimum absolute atomic E-state index is 0. The van der Waals surface area contributed by atoms with Crippen molar-refractivity contribution < 1.29 is 9.90 Å². The van der Waals surface area contributed by atoms with E-state index < -0.39 is 17.2 Å². The van der Waals surface area contributed by atoms with Crippen LogP contribution >= 0.6 is 12.4 Å². The molecule has 0 spiro atoms. The number of rotatable bonds is 3. The standard InChI is InChI=1S/C10H22N2O2.ClH/c1-9(2,3)12(8(13)14)10(4,5)6-7-11;/h6-7,11H2,1-5H3,(H,13,14);1H. The smallest absolute Gasteiger partial charge is 0.408 e. The van der Waals surface area contributed by atoms with Gasteiger partial charge in [-0.3, -0.25) is 4.90 Å². The topological polar surface area (TPSA) is 66.6 Å². The molecule has 0 aromatic rings. The van der Waals surface area contributed by atoms with E-state index in [-0.39, 0.29) is 12.4 Å². The Bertz CT molecular complexity index is 212. The summed E-state index contributed by atoms with van der Waals surface area (Å²) in [5.41, 5.74) is 4.66. The second-order valence-electron chi connectivity index (χ2n) is 5.14. The lowest BCUT2D eigenvalue weighted by molar-refractivity contribution is 0.0303. The zero-order valence-corrected chi connectivity index (χ0v) is 11.0. The Morgan fingerprint density at radius 3 is 1.87 bits per heavy atom. The predicted molar refractivity (Wildman–Crippen MR) is 64.6 cm³/mol. The summed E-state index contributed by atoms with van der Waals surface area (Å²) in [6.45, 7) is 9.96. The van der Waals surface area contributed by atoms with Crippen molar-refractivity contribution in [3.8, 4) is 0 Å². The van der Waals surface area contributed by atoms with Gasteiger partial charge in [0.25, 0.3) is 0 Å². The molecule has 0 rings (SSSR count). The highest BCUT2D eigenvalue weighted by molar-refractivity contribution is 5.85. The van der Waals surface area contributed by atoms with Crippen molar-refractivity contribution in [1.82, 2.24) is 4.90 Å². The molecule has 4 nitrogen and oxygen atoms in total. The van der Waals surface area contributed by atoms with Gasteiger partial charge in [0.05, 0.1) is 0 Å². The summed E-state index contributed by atoms with van der Waals surface area (Å²) in [6.07, 6.45) is -0.229. The summed E-state index contributed by atoms with van der Waals surface area (Å²) in [5.74, 6) is 0. The maximum absolute atomic E-state index is 11.2. The van der Waals surface area contributed by atoms with Crippen LogP contribution in [0.2, 0.25) is 0 Å². The molecule has 15 heavy (non-hydrogen) atoms. The van der Waals surface area contributed by atoms with Crippen LogP contribution in [0, 0.1) is 0 Å². The van der Waals surface area contributed by atoms with Gasteiger partial charge in [-0.05, 0) is 47.6 Å². The fourth-order valence-corrected chi connectivity index (χ4v) is 1.92. The van der Waals surface area contributed by atoms with E-state index in [0.29, 0.717) is 13.0 Å². The van der Waals surface area contributed by atoms with Gasteiger partial charge in [0.2, 0.25) is 0 Å². The predicted octanol–water partition coefficient (Wildman–Crippen LogP) is 2.31. The quantitative estimate of drug-likeness (QED) is 0.793. The molecule has 0 aromatic carbocycles. The monoisotopic (exact) mass is 238 g/mol. The molecule has 0 aliphatic rings. The van der Waals surface area contributed by atoms with Crippen LogP contribution in [-0.2, 0) is 0 Å². The molecule has 3 N–H and O–H groups in total. The molecule has 0 heterocycles. The van der Waals surface area contributed by atoms with Gasteiger partial charge in [-0.25, -0.2) is 4.79 Å². The third kappa shape index (κ3) is 4.71. The summed E-state index contributed by atoms with van der Waals surface area (Å²) in [5, 5.41) is 9.16. The first-order valence-electron chi connectivity index (χ1n) is 4.86. The van der Waals surface area contributed by atoms with E-state index in [0.717, 1.165) is 0 Å². The Labute approximate surface area is 98.2 Å². The van der Waals surface area contributed by atoms with Gasteiger partial charge in [-0.1, -0.05) is 0 Å². The minimum atomic E-state index is -0.893. The third-order valence-corrected chi connectivity index (χ3v) is 2.22. The van der Waals surface area contributed by atoms with Crippen molar-refractivity contribution in [1.29, 1.82) is 0 Å². The number of hydrogen-bond donors (Lipinski definition) is 2. The molecule has 0 aliphatic heterocycles. The molecule has 0 aromatic heterocycles. The van der Waals surface area contributed by atoms with Gasteiger partial charge in [0, 0.05) is 11.1 Å². The van der Waals surface area contributed by atoms with E-state index in [1.165, 1.54) is 4.90 Å². The molecule has 0 fully saturated rings. The van der Waals surface area contributed by atoms with Crippen molar-refractivity contribution in [3.63, 3.8) is 0 Å². The van der Waals surface area contributed by atoms with Crippen molar-refractivity contribution >= 4 is 18.5 Å². The van der Waals surface area contributed by atoms with E-state index in [2.05, 4.69) is 0 Å². The summed E-state index contributed by atoms with van der Waals surface area (Å²) < 4.78 is 0. The van der Waals surface area contributed by atoms with Crippen LogP contribution < -0.4 is 5.73 Å². The lowest BCUT2D eigenvalue weighted by Gasteiger charge is -2.45. The minimum Gasteiger partial charge on any atom is -0.465 e. The number of carbonyl (C=O) groups is 1. The number of nitrogens with zero attached hydrogens (tertiary/aromatic N) is 1. The third-order valence-electron chi connectivity index (χ3n) is 2.22. The Morgan fingerprint density at radius 2 is 1.67 bits per heavy atom. The second kappa shape index (κ2) is 5.56. The fraction of sp³-hybridized carbons (Fsp3) is 0.900. The highest BCUT2D eigenvalue weighted by atomic mass is 35.5. The Kier molecular flexibility index (Phi) is 6.28. The Hall–Kier alpha value is -0.480. The molecule has 0 atom stereocenters. The van der Waals surface area contributed by atoms with Crippen LogP contribution in [0.4, 0.5) is 4.79 Å². The first-order valence-corrected chi connectivity index (χ1v) is 4.86. The van der Waals surface area contributed by atoms with Crippen LogP contribution in [0.1, 0.15) is 41.0 Å². The highest BCUT2D eigenvalue weighted by Gasteiger charge is 2.37. The summed E-state index contributed by atoms with van der Waals surface area (Å²) >= 11 is 0. The molecule has 0 bridgehead atoms. The first kappa shape index (κ1) is 16.9. The molecule has 0 saturated heterocycles. The number of amides is 1. The molecule has 0 radical (unpaired) electrons. The lowest BCUT2D eigenvalue weighted by atomic mass is 9.92. The molecule has 92 valence electrons. The summed E-state index contributed by atoms with van der Waals surface area (Å²) in [4.78, 5) is 12.6. The van der Waals surface area contributed by atoms with E-state index in [4.69, 9.17) is 10.8 Å². The molecule has 5 heteroatoms. The van der Waals surface area contributed by atoms with Gasteiger partial charge < -0.3 is 10.8 Å². The zero-order chi connectivity index (χ0) is 11.6. The molecule has 0 aliphatic carbocycles. The van der Waals surface area contributed by atoms with Crippen molar-refractivity contribution in [3.05, 3.63) is 0 Å². The van der Waals surface area contributed by atoms with Gasteiger partial charge in [0.15, 0.2) is 0 Å². The molecular weight excluding hydrogens is 216 g/mol. The summed E-state index contributed by atoms with van der Waals surface area (Å²) in [6, 6.07) is 0. The molecular formula is C10H23ClN2O2. The van der Waals surface area contributed by atoms with E-state index in [1.807, 2.05) is 34.6 Å². The Balaban J connectivity index is 0. The van der Waals surface area contributed by atoms with Crippen molar-refractivity contribution in [2.24, 2.45) is 5.73 Å². The first-order chi connectivity index (χ1) is 6.13. The SMILES string of the molecule is CC(C)(C)N(C(=O)O)C(C)(C)CCN.Cl. The molecule has 0 saturated carbocycles. The Morgan fingerprint density at radius 1 is 1.27 bits per heavy atom. The van der Waals surface area contributed by atoms with Gasteiger partial charge >= 0.3 is 6.09 Å². The van der Waals surface area contributed by atoms with Crippen LogP contribution in [-0.4, -0.2) is 33.7 Å². The average molecular weight is 239 g/mol.